The third-order valence-electron chi connectivity index (χ3n) is 5.72. The molecule has 2 aliphatic heterocycles. The van der Waals surface area contributed by atoms with Gasteiger partial charge in [-0.15, -0.1) is 0 Å². The zero-order chi connectivity index (χ0) is 23.2. The number of nitrogens with zero attached hydrogens (tertiary/aromatic N) is 5. The Hall–Kier alpha value is -3.60. The van der Waals surface area contributed by atoms with Crippen molar-refractivity contribution in [3.05, 3.63) is 48.5 Å². The summed E-state index contributed by atoms with van der Waals surface area (Å²) in [7, 11) is 0. The fraction of sp³-hybridized carbons (Fsp3) is 0.409. The molecule has 11 heteroatoms. The minimum atomic E-state index is -0.884. The minimum Gasteiger partial charge on any atom is -0.353 e. The van der Waals surface area contributed by atoms with Gasteiger partial charge in [0.1, 0.15) is 11.9 Å². The maximum atomic E-state index is 13.1. The van der Waals surface area contributed by atoms with Gasteiger partial charge in [-0.1, -0.05) is 0 Å². The van der Waals surface area contributed by atoms with E-state index in [9.17, 15) is 18.8 Å². The lowest BCUT2D eigenvalue weighted by molar-refractivity contribution is -0.145. The van der Waals surface area contributed by atoms with Crippen molar-refractivity contribution >= 4 is 29.4 Å². The minimum absolute atomic E-state index is 0.173. The zero-order valence-electron chi connectivity index (χ0n) is 18.1. The monoisotopic (exact) mass is 455 g/mol. The highest BCUT2D eigenvalue weighted by Crippen LogP contribution is 2.15. The Bertz CT molecular complexity index is 981. The number of hydrogen-bond acceptors (Lipinski definition) is 7. The predicted molar refractivity (Wildman–Crippen MR) is 119 cm³/mol. The van der Waals surface area contributed by atoms with Gasteiger partial charge in [-0.3, -0.25) is 19.3 Å². The van der Waals surface area contributed by atoms with Crippen LogP contribution in [0.1, 0.15) is 6.42 Å². The molecule has 4 rings (SSSR count). The lowest BCUT2D eigenvalue weighted by atomic mass is 10.1. The number of halogens is 1. The number of carbonyl (C=O) groups is 3. The SMILES string of the molecule is O=C(CC1C(=O)NCCN1C(=O)CN1CCN(c2ncccn2)CC1)Nc1ccc(F)cc1. The Morgan fingerprint density at radius 1 is 1.06 bits per heavy atom. The van der Waals surface area contributed by atoms with Gasteiger partial charge in [0.15, 0.2) is 0 Å². The molecule has 2 N–H and O–H groups in total. The molecule has 33 heavy (non-hydrogen) atoms. The van der Waals surface area contributed by atoms with Gasteiger partial charge in [-0.2, -0.15) is 0 Å². The van der Waals surface area contributed by atoms with Crippen molar-refractivity contribution in [2.24, 2.45) is 0 Å². The fourth-order valence-electron chi connectivity index (χ4n) is 3.98. The molecule has 1 aromatic heterocycles. The molecule has 2 saturated heterocycles. The molecule has 1 aromatic carbocycles. The van der Waals surface area contributed by atoms with Crippen LogP contribution in [0.2, 0.25) is 0 Å². The average molecular weight is 455 g/mol. The Morgan fingerprint density at radius 2 is 1.76 bits per heavy atom. The van der Waals surface area contributed by atoms with E-state index in [1.165, 1.54) is 29.2 Å². The van der Waals surface area contributed by atoms with Gasteiger partial charge in [-0.05, 0) is 30.3 Å². The van der Waals surface area contributed by atoms with E-state index in [0.717, 1.165) is 0 Å². The molecule has 0 spiro atoms. The lowest BCUT2D eigenvalue weighted by Gasteiger charge is -2.38. The summed E-state index contributed by atoms with van der Waals surface area (Å²) in [5.74, 6) is -0.696. The predicted octanol–water partition coefficient (Wildman–Crippen LogP) is 0.0935. The molecule has 0 bridgehead atoms. The molecule has 2 fully saturated rings. The van der Waals surface area contributed by atoms with Gasteiger partial charge in [0.2, 0.25) is 23.7 Å². The molecule has 1 unspecified atom stereocenters. The van der Waals surface area contributed by atoms with Gasteiger partial charge < -0.3 is 20.4 Å². The van der Waals surface area contributed by atoms with E-state index in [-0.39, 0.29) is 24.8 Å². The van der Waals surface area contributed by atoms with Crippen LogP contribution in [0.4, 0.5) is 16.0 Å². The Morgan fingerprint density at radius 3 is 2.45 bits per heavy atom. The average Bonchev–Trinajstić information content (AvgIpc) is 2.83. The second-order valence-corrected chi connectivity index (χ2v) is 7.97. The van der Waals surface area contributed by atoms with E-state index >= 15 is 0 Å². The molecule has 3 heterocycles. The van der Waals surface area contributed by atoms with Crippen LogP contribution in [-0.2, 0) is 14.4 Å². The van der Waals surface area contributed by atoms with Crippen LogP contribution in [-0.4, -0.2) is 89.3 Å². The number of anilines is 2. The fourth-order valence-corrected chi connectivity index (χ4v) is 3.98. The zero-order valence-corrected chi connectivity index (χ0v) is 18.1. The standard InChI is InChI=1S/C22H26FN7O3/c23-16-2-4-17(5-3-16)27-19(31)14-18-21(33)24-8-9-30(18)20(32)15-28-10-12-29(13-11-28)22-25-6-1-7-26-22/h1-7,18H,8-15H2,(H,24,33)(H,27,31). The summed E-state index contributed by atoms with van der Waals surface area (Å²) in [5.41, 5.74) is 0.427. The van der Waals surface area contributed by atoms with E-state index < -0.39 is 17.8 Å². The number of piperazine rings is 2. The second-order valence-electron chi connectivity index (χ2n) is 7.97. The van der Waals surface area contributed by atoms with Crippen molar-refractivity contribution in [3.8, 4) is 0 Å². The highest BCUT2D eigenvalue weighted by molar-refractivity contribution is 5.97. The topological polar surface area (TPSA) is 111 Å². The Kier molecular flexibility index (Phi) is 7.08. The van der Waals surface area contributed by atoms with E-state index in [0.29, 0.717) is 50.9 Å². The summed E-state index contributed by atoms with van der Waals surface area (Å²) < 4.78 is 13.1. The van der Waals surface area contributed by atoms with Crippen LogP contribution in [0, 0.1) is 5.82 Å². The molecule has 10 nitrogen and oxygen atoms in total. The van der Waals surface area contributed by atoms with Gasteiger partial charge >= 0.3 is 0 Å². The molecule has 2 aliphatic rings. The number of nitrogens with one attached hydrogen (secondary N) is 2. The molecule has 0 radical (unpaired) electrons. The first kappa shape index (κ1) is 22.6. The molecule has 2 aromatic rings. The lowest BCUT2D eigenvalue weighted by Crippen LogP contribution is -2.60. The van der Waals surface area contributed by atoms with Crippen LogP contribution in [0.5, 0.6) is 0 Å². The van der Waals surface area contributed by atoms with Crippen molar-refractivity contribution in [1.82, 2.24) is 25.1 Å². The van der Waals surface area contributed by atoms with Crippen molar-refractivity contribution in [2.45, 2.75) is 12.5 Å². The third kappa shape index (κ3) is 5.80. The van der Waals surface area contributed by atoms with Gasteiger partial charge in [-0.25, -0.2) is 14.4 Å². The van der Waals surface area contributed by atoms with Gasteiger partial charge in [0.05, 0.1) is 13.0 Å². The number of carbonyl (C=O) groups excluding carboxylic acids is 3. The third-order valence-corrected chi connectivity index (χ3v) is 5.72. The molecule has 0 saturated carbocycles. The van der Waals surface area contributed by atoms with Crippen molar-refractivity contribution in [2.75, 3.05) is 56.0 Å². The largest absolute Gasteiger partial charge is 0.353 e. The summed E-state index contributed by atoms with van der Waals surface area (Å²) in [6.45, 7) is 3.59. The Labute approximate surface area is 190 Å². The van der Waals surface area contributed by atoms with Crippen LogP contribution in [0.25, 0.3) is 0 Å². The number of aromatic nitrogens is 2. The van der Waals surface area contributed by atoms with Crippen molar-refractivity contribution < 1.29 is 18.8 Å². The molecular weight excluding hydrogens is 429 g/mol. The summed E-state index contributed by atoms with van der Waals surface area (Å²) in [6.07, 6.45) is 3.23. The first-order valence-corrected chi connectivity index (χ1v) is 10.9. The Balaban J connectivity index is 1.32. The summed E-state index contributed by atoms with van der Waals surface area (Å²) in [6, 6.07) is 6.24. The first-order valence-electron chi connectivity index (χ1n) is 10.9. The van der Waals surface area contributed by atoms with E-state index in [4.69, 9.17) is 0 Å². The van der Waals surface area contributed by atoms with Crippen LogP contribution < -0.4 is 15.5 Å². The molecule has 0 aliphatic carbocycles. The second kappa shape index (κ2) is 10.3. The van der Waals surface area contributed by atoms with Gasteiger partial charge in [0.25, 0.3) is 0 Å². The number of rotatable bonds is 6. The summed E-state index contributed by atoms with van der Waals surface area (Å²) in [5, 5.41) is 5.37. The molecule has 174 valence electrons. The summed E-state index contributed by atoms with van der Waals surface area (Å²) in [4.78, 5) is 52.1. The molecule has 3 amide bonds. The van der Waals surface area contributed by atoms with Crippen LogP contribution in [0.15, 0.2) is 42.7 Å². The number of hydrogen-bond donors (Lipinski definition) is 2. The first-order chi connectivity index (χ1) is 16.0. The number of benzene rings is 1. The van der Waals surface area contributed by atoms with Crippen LogP contribution in [0.3, 0.4) is 0 Å². The number of amides is 3. The normalized spacial score (nSPS) is 19.2. The highest BCUT2D eigenvalue weighted by atomic mass is 19.1. The summed E-state index contributed by atoms with van der Waals surface area (Å²) >= 11 is 0. The van der Waals surface area contributed by atoms with Crippen molar-refractivity contribution in [1.29, 1.82) is 0 Å². The van der Waals surface area contributed by atoms with E-state index in [1.807, 2.05) is 4.90 Å². The van der Waals surface area contributed by atoms with Crippen LogP contribution >= 0.6 is 0 Å². The smallest absolute Gasteiger partial charge is 0.243 e. The molecular formula is C22H26FN7O3. The maximum absolute atomic E-state index is 13.1. The van der Waals surface area contributed by atoms with E-state index in [2.05, 4.69) is 25.5 Å². The highest BCUT2D eigenvalue weighted by Gasteiger charge is 2.35. The quantitative estimate of drug-likeness (QED) is 0.635. The van der Waals surface area contributed by atoms with E-state index in [1.54, 1.807) is 18.5 Å². The van der Waals surface area contributed by atoms with Gasteiger partial charge in [0, 0.05) is 57.3 Å². The van der Waals surface area contributed by atoms with Crippen molar-refractivity contribution in [3.63, 3.8) is 0 Å². The molecule has 1 atom stereocenters. The maximum Gasteiger partial charge on any atom is 0.243 e.